The smallest absolute Gasteiger partial charge is 0.280 e. The van der Waals surface area contributed by atoms with Crippen LogP contribution < -0.4 is 0 Å². The van der Waals surface area contributed by atoms with E-state index >= 15 is 0 Å². The van der Waals surface area contributed by atoms with Gasteiger partial charge >= 0.3 is 0 Å². The molecule has 0 saturated heterocycles. The van der Waals surface area contributed by atoms with E-state index in [0.29, 0.717) is 0 Å². The molecule has 0 saturated carbocycles. The molecule has 0 fully saturated rings. The van der Waals surface area contributed by atoms with Crippen LogP contribution in [0.3, 0.4) is 0 Å². The van der Waals surface area contributed by atoms with Crippen molar-refractivity contribution in [2.45, 2.75) is 12.3 Å². The van der Waals surface area contributed by atoms with Gasteiger partial charge in [-0.25, -0.2) is 13.8 Å². The first-order valence-corrected chi connectivity index (χ1v) is 4.15. The summed E-state index contributed by atoms with van der Waals surface area (Å²) in [5.74, 6) is -0.603. The standard InChI is InChI=1S/C8H6ClF2NO2/c9-2-4-1-5(8(10)11)12-6(3-13)7(4)14/h1,3,8,14H,2H2. The lowest BCUT2D eigenvalue weighted by Gasteiger charge is -2.06. The Labute approximate surface area is 83.3 Å². The lowest BCUT2D eigenvalue weighted by Crippen LogP contribution is -1.98. The number of aldehydes is 1. The van der Waals surface area contributed by atoms with Crippen molar-refractivity contribution in [3.05, 3.63) is 23.0 Å². The van der Waals surface area contributed by atoms with Crippen LogP contribution >= 0.6 is 11.6 Å². The molecule has 0 aliphatic carbocycles. The van der Waals surface area contributed by atoms with Gasteiger partial charge in [0.2, 0.25) is 0 Å². The second-order valence-electron chi connectivity index (χ2n) is 2.49. The Balaban J connectivity index is 3.31. The summed E-state index contributed by atoms with van der Waals surface area (Å²) in [6, 6.07) is 0.972. The molecule has 0 aliphatic rings. The van der Waals surface area contributed by atoms with Crippen LogP contribution in [0, 0.1) is 0 Å². The number of alkyl halides is 3. The molecule has 0 amide bonds. The van der Waals surface area contributed by atoms with Gasteiger partial charge in [0, 0.05) is 5.56 Å². The maximum absolute atomic E-state index is 12.2. The average molecular weight is 222 g/mol. The monoisotopic (exact) mass is 221 g/mol. The molecule has 14 heavy (non-hydrogen) atoms. The van der Waals surface area contributed by atoms with Crippen molar-refractivity contribution in [1.82, 2.24) is 4.98 Å². The molecule has 6 heteroatoms. The summed E-state index contributed by atoms with van der Waals surface area (Å²) in [5.41, 5.74) is -0.918. The number of aromatic nitrogens is 1. The van der Waals surface area contributed by atoms with Crippen LogP contribution in [0.25, 0.3) is 0 Å². The third-order valence-electron chi connectivity index (χ3n) is 1.60. The Bertz CT molecular complexity index is 357. The molecule has 1 aromatic rings. The van der Waals surface area contributed by atoms with Crippen molar-refractivity contribution < 1.29 is 18.7 Å². The molecule has 1 N–H and O–H groups in total. The molecule has 3 nitrogen and oxygen atoms in total. The number of hydrogen-bond acceptors (Lipinski definition) is 3. The summed E-state index contributed by atoms with van der Waals surface area (Å²) in [7, 11) is 0. The number of hydrogen-bond donors (Lipinski definition) is 1. The van der Waals surface area contributed by atoms with Gasteiger partial charge in [0.15, 0.2) is 6.29 Å². The minimum absolute atomic E-state index is 0.0686. The Kier molecular flexibility index (Phi) is 3.35. The fourth-order valence-electron chi connectivity index (χ4n) is 0.932. The number of rotatable bonds is 3. The van der Waals surface area contributed by atoms with Crippen molar-refractivity contribution >= 4 is 17.9 Å². The van der Waals surface area contributed by atoms with Crippen LogP contribution in [0.15, 0.2) is 6.07 Å². The summed E-state index contributed by atoms with van der Waals surface area (Å²) in [6.07, 6.45) is -2.59. The molecule has 0 atom stereocenters. The van der Waals surface area contributed by atoms with E-state index in [-0.39, 0.29) is 17.7 Å². The molecule has 0 bridgehead atoms. The van der Waals surface area contributed by atoms with Crippen LogP contribution in [0.1, 0.15) is 28.2 Å². The third-order valence-corrected chi connectivity index (χ3v) is 1.89. The molecule has 0 unspecified atom stereocenters. The Hall–Kier alpha value is -1.23. The molecular formula is C8H6ClF2NO2. The largest absolute Gasteiger partial charge is 0.505 e. The molecule has 0 aromatic carbocycles. The lowest BCUT2D eigenvalue weighted by atomic mass is 10.2. The van der Waals surface area contributed by atoms with E-state index < -0.39 is 23.6 Å². The van der Waals surface area contributed by atoms with Gasteiger partial charge in [-0.1, -0.05) is 0 Å². The van der Waals surface area contributed by atoms with Gasteiger partial charge in [0.1, 0.15) is 17.1 Å². The first-order chi connectivity index (χ1) is 6.60. The summed E-state index contributed by atoms with van der Waals surface area (Å²) < 4.78 is 24.5. The van der Waals surface area contributed by atoms with Crippen molar-refractivity contribution in [2.75, 3.05) is 0 Å². The van der Waals surface area contributed by atoms with E-state index in [1.165, 1.54) is 0 Å². The third kappa shape index (κ3) is 1.98. The van der Waals surface area contributed by atoms with Gasteiger partial charge in [-0.3, -0.25) is 4.79 Å². The van der Waals surface area contributed by atoms with Gasteiger partial charge in [0.25, 0.3) is 6.43 Å². The van der Waals surface area contributed by atoms with Crippen molar-refractivity contribution in [3.8, 4) is 5.75 Å². The highest BCUT2D eigenvalue weighted by Gasteiger charge is 2.15. The zero-order valence-corrected chi connectivity index (χ0v) is 7.63. The topological polar surface area (TPSA) is 50.2 Å². The highest BCUT2D eigenvalue weighted by molar-refractivity contribution is 6.17. The maximum atomic E-state index is 12.2. The zero-order valence-electron chi connectivity index (χ0n) is 6.88. The lowest BCUT2D eigenvalue weighted by molar-refractivity contribution is 0.111. The number of aromatic hydroxyl groups is 1. The van der Waals surface area contributed by atoms with Crippen LogP contribution in [0.4, 0.5) is 8.78 Å². The van der Waals surface area contributed by atoms with Gasteiger partial charge in [-0.2, -0.15) is 0 Å². The van der Waals surface area contributed by atoms with Crippen LogP contribution in [0.5, 0.6) is 5.75 Å². The minimum atomic E-state index is -2.80. The highest BCUT2D eigenvalue weighted by Crippen LogP contribution is 2.26. The fourth-order valence-corrected chi connectivity index (χ4v) is 1.14. The van der Waals surface area contributed by atoms with Crippen molar-refractivity contribution in [1.29, 1.82) is 0 Å². The molecule has 76 valence electrons. The molecule has 0 radical (unpaired) electrons. The summed E-state index contributed by atoms with van der Waals surface area (Å²) in [5, 5.41) is 9.27. The van der Waals surface area contributed by atoms with E-state index in [1.54, 1.807) is 0 Å². The molecular weight excluding hydrogens is 216 g/mol. The number of pyridine rings is 1. The zero-order chi connectivity index (χ0) is 10.7. The minimum Gasteiger partial charge on any atom is -0.505 e. The SMILES string of the molecule is O=Cc1nc(C(F)F)cc(CCl)c1O. The van der Waals surface area contributed by atoms with E-state index in [9.17, 15) is 18.7 Å². The molecule has 1 aromatic heterocycles. The first-order valence-electron chi connectivity index (χ1n) is 3.62. The second-order valence-corrected chi connectivity index (χ2v) is 2.76. The predicted molar refractivity (Wildman–Crippen MR) is 45.8 cm³/mol. The van der Waals surface area contributed by atoms with E-state index in [1.807, 2.05) is 0 Å². The number of carbonyl (C=O) groups excluding carboxylic acids is 1. The van der Waals surface area contributed by atoms with E-state index in [0.717, 1.165) is 6.07 Å². The number of nitrogens with zero attached hydrogens (tertiary/aromatic N) is 1. The highest BCUT2D eigenvalue weighted by atomic mass is 35.5. The van der Waals surface area contributed by atoms with Crippen LogP contribution in [-0.4, -0.2) is 16.4 Å². The van der Waals surface area contributed by atoms with Crippen LogP contribution in [0.2, 0.25) is 0 Å². The number of halogens is 3. The molecule has 0 aliphatic heterocycles. The Morgan fingerprint density at radius 2 is 2.29 bits per heavy atom. The van der Waals surface area contributed by atoms with E-state index in [4.69, 9.17) is 11.6 Å². The summed E-state index contributed by atoms with van der Waals surface area (Å²) in [6.45, 7) is 0. The van der Waals surface area contributed by atoms with Gasteiger partial charge < -0.3 is 5.11 Å². The summed E-state index contributed by atoms with van der Waals surface area (Å²) >= 11 is 5.39. The molecule has 0 spiro atoms. The molecule has 1 rings (SSSR count). The van der Waals surface area contributed by atoms with Crippen LogP contribution in [-0.2, 0) is 5.88 Å². The van der Waals surface area contributed by atoms with E-state index in [2.05, 4.69) is 4.98 Å². The number of carbonyl (C=O) groups is 1. The summed E-state index contributed by atoms with van der Waals surface area (Å²) in [4.78, 5) is 13.6. The van der Waals surface area contributed by atoms with Gasteiger partial charge in [-0.15, -0.1) is 11.6 Å². The fraction of sp³-hybridized carbons (Fsp3) is 0.250. The quantitative estimate of drug-likeness (QED) is 0.629. The normalized spacial score (nSPS) is 10.6. The second kappa shape index (κ2) is 4.32. The Morgan fingerprint density at radius 1 is 1.64 bits per heavy atom. The first kappa shape index (κ1) is 10.8. The van der Waals surface area contributed by atoms with Crippen molar-refractivity contribution in [2.24, 2.45) is 0 Å². The Morgan fingerprint density at radius 3 is 2.71 bits per heavy atom. The van der Waals surface area contributed by atoms with Crippen molar-refractivity contribution in [3.63, 3.8) is 0 Å². The average Bonchev–Trinajstić information content (AvgIpc) is 2.17. The molecule has 1 heterocycles. The predicted octanol–water partition coefficient (Wildman–Crippen LogP) is 2.28. The van der Waals surface area contributed by atoms with Gasteiger partial charge in [0.05, 0.1) is 5.88 Å². The van der Waals surface area contributed by atoms with Gasteiger partial charge in [-0.05, 0) is 6.07 Å². The maximum Gasteiger partial charge on any atom is 0.280 e.